The molecule has 0 fully saturated rings. The maximum absolute atomic E-state index is 11.9. The average Bonchev–Trinajstić information content (AvgIpc) is 2.85. The Hall–Kier alpha value is -1.44. The zero-order chi connectivity index (χ0) is 13.6. The number of rotatable bonds is 7. The van der Waals surface area contributed by atoms with Crippen LogP contribution < -0.4 is 5.32 Å². The van der Waals surface area contributed by atoms with Gasteiger partial charge in [-0.05, 0) is 6.42 Å². The molecular weight excluding hydrogens is 240 g/mol. The van der Waals surface area contributed by atoms with Gasteiger partial charge in [0.05, 0.1) is 18.8 Å². The molecule has 0 aromatic carbocycles. The fourth-order valence-electron chi connectivity index (χ4n) is 1.38. The first kappa shape index (κ1) is 14.6. The highest BCUT2D eigenvalue weighted by Gasteiger charge is 2.30. The first-order chi connectivity index (χ1) is 8.60. The van der Waals surface area contributed by atoms with E-state index >= 15 is 0 Å². The summed E-state index contributed by atoms with van der Waals surface area (Å²) < 4.78 is 9.72. The molecule has 102 valence electrons. The van der Waals surface area contributed by atoms with Gasteiger partial charge < -0.3 is 24.8 Å². The van der Waals surface area contributed by atoms with Gasteiger partial charge in [-0.25, -0.2) is 0 Å². The summed E-state index contributed by atoms with van der Waals surface area (Å²) in [5, 5.41) is 24.6. The van der Waals surface area contributed by atoms with Gasteiger partial charge >= 0.3 is 0 Å². The Bertz CT molecular complexity index is 378. The summed E-state index contributed by atoms with van der Waals surface area (Å²) in [6.45, 7) is 1.27. The average molecular weight is 258 g/mol. The van der Waals surface area contributed by atoms with Gasteiger partial charge in [-0.15, -0.1) is 0 Å². The van der Waals surface area contributed by atoms with Crippen molar-refractivity contribution in [3.05, 3.63) is 17.5 Å². The van der Waals surface area contributed by atoms with Crippen molar-refractivity contribution in [3.63, 3.8) is 0 Å². The van der Waals surface area contributed by atoms with E-state index in [9.17, 15) is 15.0 Å². The van der Waals surface area contributed by atoms with E-state index in [-0.39, 0.29) is 25.5 Å². The van der Waals surface area contributed by atoms with Gasteiger partial charge in [0.25, 0.3) is 5.91 Å². The number of nitrogens with zero attached hydrogens (tertiary/aromatic N) is 1. The van der Waals surface area contributed by atoms with Gasteiger partial charge in [-0.3, -0.25) is 4.79 Å². The van der Waals surface area contributed by atoms with Crippen LogP contribution >= 0.6 is 0 Å². The zero-order valence-corrected chi connectivity index (χ0v) is 10.5. The quantitative estimate of drug-likeness (QED) is 0.619. The second-order valence-corrected chi connectivity index (χ2v) is 4.02. The summed E-state index contributed by atoms with van der Waals surface area (Å²) >= 11 is 0. The molecule has 7 heteroatoms. The molecule has 0 saturated heterocycles. The largest absolute Gasteiger partial charge is 0.394 e. The fraction of sp³-hybridized carbons (Fsp3) is 0.636. The third kappa shape index (κ3) is 3.28. The van der Waals surface area contributed by atoms with Crippen LogP contribution in [0.1, 0.15) is 29.6 Å². The van der Waals surface area contributed by atoms with E-state index in [2.05, 4.69) is 10.5 Å². The number of amides is 1. The number of ether oxygens (including phenoxy) is 1. The Morgan fingerprint density at radius 2 is 2.22 bits per heavy atom. The van der Waals surface area contributed by atoms with Gasteiger partial charge in [0.15, 0.2) is 11.5 Å². The topological polar surface area (TPSA) is 105 Å². The van der Waals surface area contributed by atoms with Gasteiger partial charge in [-0.1, -0.05) is 12.1 Å². The lowest BCUT2D eigenvalue weighted by molar-refractivity contribution is 0.0646. The molecule has 1 amide bonds. The van der Waals surface area contributed by atoms with Crippen LogP contribution in [-0.2, 0) is 11.3 Å². The van der Waals surface area contributed by atoms with Crippen LogP contribution in [0.5, 0.6) is 0 Å². The van der Waals surface area contributed by atoms with Crippen molar-refractivity contribution in [3.8, 4) is 0 Å². The van der Waals surface area contributed by atoms with E-state index < -0.39 is 11.4 Å². The summed E-state index contributed by atoms with van der Waals surface area (Å²) in [4.78, 5) is 11.9. The monoisotopic (exact) mass is 258 g/mol. The molecule has 1 aromatic heterocycles. The highest BCUT2D eigenvalue weighted by atomic mass is 16.5. The smallest absolute Gasteiger partial charge is 0.274 e. The molecule has 0 aliphatic heterocycles. The van der Waals surface area contributed by atoms with Crippen LogP contribution in [0.4, 0.5) is 0 Å². The summed E-state index contributed by atoms with van der Waals surface area (Å²) in [6, 6.07) is 1.45. The van der Waals surface area contributed by atoms with Crippen molar-refractivity contribution >= 4 is 5.91 Å². The minimum atomic E-state index is -1.04. The molecule has 0 spiro atoms. The standard InChI is InChI=1S/C11H18N2O5/c1-3-11(6-14,7-15)12-10(16)9-4-8(5-17-2)18-13-9/h4,14-15H,3,5-7H2,1-2H3,(H,12,16). The molecule has 0 aliphatic carbocycles. The van der Waals surface area contributed by atoms with Gasteiger partial charge in [-0.2, -0.15) is 0 Å². The molecule has 0 atom stereocenters. The summed E-state index contributed by atoms with van der Waals surface area (Å²) in [6.07, 6.45) is 0.397. The van der Waals surface area contributed by atoms with Crippen molar-refractivity contribution in [2.75, 3.05) is 20.3 Å². The number of aliphatic hydroxyl groups is 2. The van der Waals surface area contributed by atoms with E-state index in [0.29, 0.717) is 12.2 Å². The number of aliphatic hydroxyl groups excluding tert-OH is 2. The van der Waals surface area contributed by atoms with Crippen LogP contribution in [0.15, 0.2) is 10.6 Å². The highest BCUT2D eigenvalue weighted by molar-refractivity contribution is 5.92. The maximum atomic E-state index is 11.9. The van der Waals surface area contributed by atoms with E-state index in [1.165, 1.54) is 13.2 Å². The number of hydrogen-bond donors (Lipinski definition) is 3. The molecule has 0 saturated carbocycles. The summed E-state index contributed by atoms with van der Waals surface area (Å²) in [5.41, 5.74) is -0.959. The van der Waals surface area contributed by atoms with E-state index in [1.54, 1.807) is 6.92 Å². The van der Waals surface area contributed by atoms with Crippen LogP contribution in [0.3, 0.4) is 0 Å². The summed E-state index contributed by atoms with van der Waals surface area (Å²) in [5.74, 6) is -0.0798. The van der Waals surface area contributed by atoms with Crippen molar-refractivity contribution in [1.82, 2.24) is 10.5 Å². The van der Waals surface area contributed by atoms with E-state index in [4.69, 9.17) is 9.26 Å². The molecule has 18 heavy (non-hydrogen) atoms. The van der Waals surface area contributed by atoms with Gasteiger partial charge in [0.2, 0.25) is 0 Å². The van der Waals surface area contributed by atoms with E-state index in [1.807, 2.05) is 0 Å². The number of aromatic nitrogens is 1. The Morgan fingerprint density at radius 1 is 1.56 bits per heavy atom. The van der Waals surface area contributed by atoms with Crippen LogP contribution in [-0.4, -0.2) is 47.1 Å². The lowest BCUT2D eigenvalue weighted by Crippen LogP contribution is -2.53. The molecule has 0 bridgehead atoms. The van der Waals surface area contributed by atoms with Crippen molar-refractivity contribution in [1.29, 1.82) is 0 Å². The summed E-state index contributed by atoms with van der Waals surface area (Å²) in [7, 11) is 1.50. The number of methoxy groups -OCH3 is 1. The minimum absolute atomic E-state index is 0.0850. The minimum Gasteiger partial charge on any atom is -0.394 e. The van der Waals surface area contributed by atoms with E-state index in [0.717, 1.165) is 0 Å². The SMILES string of the molecule is CCC(CO)(CO)NC(=O)c1cc(COC)on1. The maximum Gasteiger partial charge on any atom is 0.274 e. The van der Waals surface area contributed by atoms with Crippen LogP contribution in [0.2, 0.25) is 0 Å². The number of nitrogens with one attached hydrogen (secondary N) is 1. The first-order valence-corrected chi connectivity index (χ1v) is 5.59. The second kappa shape index (κ2) is 6.48. The lowest BCUT2D eigenvalue weighted by Gasteiger charge is -2.29. The molecule has 0 unspecified atom stereocenters. The molecular formula is C11H18N2O5. The van der Waals surface area contributed by atoms with Gasteiger partial charge in [0, 0.05) is 13.2 Å². The molecule has 0 radical (unpaired) electrons. The molecule has 7 nitrogen and oxygen atoms in total. The molecule has 0 aliphatic rings. The Labute approximate surface area is 105 Å². The van der Waals surface area contributed by atoms with Crippen molar-refractivity contribution < 1.29 is 24.3 Å². The Balaban J connectivity index is 2.74. The Kier molecular flexibility index (Phi) is 5.26. The molecule has 1 aromatic rings. The predicted molar refractivity (Wildman–Crippen MR) is 61.9 cm³/mol. The number of hydrogen-bond acceptors (Lipinski definition) is 6. The molecule has 1 rings (SSSR count). The second-order valence-electron chi connectivity index (χ2n) is 4.02. The molecule has 3 N–H and O–H groups in total. The normalized spacial score (nSPS) is 11.6. The third-order valence-electron chi connectivity index (χ3n) is 2.74. The molecule has 1 heterocycles. The first-order valence-electron chi connectivity index (χ1n) is 5.59. The van der Waals surface area contributed by atoms with Crippen LogP contribution in [0.25, 0.3) is 0 Å². The number of carbonyl (C=O) groups excluding carboxylic acids is 1. The van der Waals surface area contributed by atoms with Gasteiger partial charge in [0.1, 0.15) is 6.61 Å². The van der Waals surface area contributed by atoms with Crippen molar-refractivity contribution in [2.24, 2.45) is 0 Å². The van der Waals surface area contributed by atoms with Crippen molar-refractivity contribution in [2.45, 2.75) is 25.5 Å². The Morgan fingerprint density at radius 3 is 2.72 bits per heavy atom. The predicted octanol–water partition coefficient (Wildman–Crippen LogP) is -0.316. The zero-order valence-electron chi connectivity index (χ0n) is 10.5. The fourth-order valence-corrected chi connectivity index (χ4v) is 1.38. The highest BCUT2D eigenvalue weighted by Crippen LogP contribution is 2.11. The van der Waals surface area contributed by atoms with Crippen LogP contribution in [0, 0.1) is 0 Å². The number of carbonyl (C=O) groups is 1. The lowest BCUT2D eigenvalue weighted by atomic mass is 9.98. The third-order valence-corrected chi connectivity index (χ3v) is 2.74.